The Kier molecular flexibility index (Phi) is 7.76. The van der Waals surface area contributed by atoms with Crippen LogP contribution < -0.4 is 11.1 Å². The van der Waals surface area contributed by atoms with E-state index < -0.39 is 5.82 Å². The zero-order valence-electron chi connectivity index (χ0n) is 19.1. The molecule has 0 spiro atoms. The van der Waals surface area contributed by atoms with Crippen molar-refractivity contribution in [2.45, 2.75) is 76.4 Å². The molecular formula is C27H34FN3O2. The van der Waals surface area contributed by atoms with Crippen LogP contribution in [-0.2, 0) is 11.3 Å². The van der Waals surface area contributed by atoms with Crippen molar-refractivity contribution in [1.29, 1.82) is 0 Å². The van der Waals surface area contributed by atoms with Gasteiger partial charge in [0.25, 0.3) is 5.91 Å². The third-order valence-corrected chi connectivity index (χ3v) is 7.11. The predicted octanol–water partition coefficient (Wildman–Crippen LogP) is 5.26. The van der Waals surface area contributed by atoms with Gasteiger partial charge in [-0.2, -0.15) is 0 Å². The van der Waals surface area contributed by atoms with Gasteiger partial charge in [-0.05, 0) is 55.5 Å². The molecule has 0 aromatic heterocycles. The van der Waals surface area contributed by atoms with E-state index >= 15 is 0 Å². The summed E-state index contributed by atoms with van der Waals surface area (Å²) in [6, 6.07) is 13.2. The topological polar surface area (TPSA) is 75.4 Å². The van der Waals surface area contributed by atoms with E-state index in [-0.39, 0.29) is 35.4 Å². The Bertz CT molecular complexity index is 973. The number of carbonyl (C=O) groups excluding carboxylic acids is 2. The number of nitrogens with zero attached hydrogens (tertiary/aromatic N) is 1. The maximum Gasteiger partial charge on any atom is 0.255 e. The summed E-state index contributed by atoms with van der Waals surface area (Å²) in [5.41, 5.74) is 8.27. The second-order valence-electron chi connectivity index (χ2n) is 9.44. The van der Waals surface area contributed by atoms with E-state index in [1.807, 2.05) is 29.2 Å². The SMILES string of the molecule is NC1CCCCC1N(Cc1ccccc1NC(=O)c1cccc(F)c1)C(=O)C1CCCCC1. The molecule has 0 bridgehead atoms. The second-order valence-corrected chi connectivity index (χ2v) is 9.44. The van der Waals surface area contributed by atoms with Crippen molar-refractivity contribution >= 4 is 17.5 Å². The number of rotatable bonds is 6. The molecule has 2 aromatic rings. The summed E-state index contributed by atoms with van der Waals surface area (Å²) < 4.78 is 13.6. The highest BCUT2D eigenvalue weighted by molar-refractivity contribution is 6.04. The summed E-state index contributed by atoms with van der Waals surface area (Å²) in [7, 11) is 0. The minimum Gasteiger partial charge on any atom is -0.334 e. The van der Waals surface area contributed by atoms with Crippen LogP contribution in [0.25, 0.3) is 0 Å². The van der Waals surface area contributed by atoms with Crippen molar-refractivity contribution < 1.29 is 14.0 Å². The first-order chi connectivity index (χ1) is 16.0. The Morgan fingerprint density at radius 2 is 1.67 bits per heavy atom. The van der Waals surface area contributed by atoms with Crippen LogP contribution in [0.2, 0.25) is 0 Å². The van der Waals surface area contributed by atoms with Crippen LogP contribution in [0.3, 0.4) is 0 Å². The number of nitrogens with two attached hydrogens (primary N) is 1. The van der Waals surface area contributed by atoms with Gasteiger partial charge in [-0.3, -0.25) is 9.59 Å². The van der Waals surface area contributed by atoms with Crippen LogP contribution >= 0.6 is 0 Å². The molecule has 33 heavy (non-hydrogen) atoms. The molecule has 0 aliphatic heterocycles. The molecule has 2 aromatic carbocycles. The summed E-state index contributed by atoms with van der Waals surface area (Å²) in [4.78, 5) is 28.4. The van der Waals surface area contributed by atoms with E-state index in [2.05, 4.69) is 5.32 Å². The number of halogens is 1. The summed E-state index contributed by atoms with van der Waals surface area (Å²) in [6.07, 6.45) is 9.29. The fourth-order valence-corrected chi connectivity index (χ4v) is 5.26. The van der Waals surface area contributed by atoms with E-state index in [0.29, 0.717) is 12.2 Å². The lowest BCUT2D eigenvalue weighted by molar-refractivity contribution is -0.140. The van der Waals surface area contributed by atoms with Crippen molar-refractivity contribution in [2.24, 2.45) is 11.7 Å². The van der Waals surface area contributed by atoms with Gasteiger partial charge in [0.2, 0.25) is 5.91 Å². The number of carbonyl (C=O) groups is 2. The monoisotopic (exact) mass is 451 g/mol. The Hall–Kier alpha value is -2.73. The average Bonchev–Trinajstić information content (AvgIpc) is 2.84. The Labute approximate surface area is 195 Å². The average molecular weight is 452 g/mol. The number of para-hydroxylation sites is 1. The zero-order chi connectivity index (χ0) is 23.2. The van der Waals surface area contributed by atoms with Gasteiger partial charge in [0.15, 0.2) is 0 Å². The van der Waals surface area contributed by atoms with Crippen LogP contribution in [0.4, 0.5) is 10.1 Å². The predicted molar refractivity (Wildman–Crippen MR) is 128 cm³/mol. The van der Waals surface area contributed by atoms with E-state index in [1.54, 1.807) is 6.07 Å². The van der Waals surface area contributed by atoms with Crippen LogP contribution in [0.5, 0.6) is 0 Å². The lowest BCUT2D eigenvalue weighted by atomic mass is 9.85. The number of hydrogen-bond acceptors (Lipinski definition) is 3. The molecule has 3 N–H and O–H groups in total. The molecule has 2 aliphatic rings. The van der Waals surface area contributed by atoms with Crippen molar-refractivity contribution in [3.8, 4) is 0 Å². The molecule has 6 heteroatoms. The van der Waals surface area contributed by atoms with Gasteiger partial charge < -0.3 is 16.0 Å². The number of hydrogen-bond donors (Lipinski definition) is 2. The molecule has 2 saturated carbocycles. The van der Waals surface area contributed by atoms with E-state index in [1.165, 1.54) is 24.6 Å². The smallest absolute Gasteiger partial charge is 0.255 e. The molecule has 4 rings (SSSR count). The fraction of sp³-hybridized carbons (Fsp3) is 0.481. The maximum atomic E-state index is 13.7. The van der Waals surface area contributed by atoms with Crippen LogP contribution in [-0.4, -0.2) is 28.8 Å². The van der Waals surface area contributed by atoms with E-state index in [9.17, 15) is 14.0 Å². The minimum atomic E-state index is -0.452. The third kappa shape index (κ3) is 5.80. The highest BCUT2D eigenvalue weighted by Crippen LogP contribution is 2.31. The van der Waals surface area contributed by atoms with Gasteiger partial charge in [0.05, 0.1) is 0 Å². The van der Waals surface area contributed by atoms with Crippen molar-refractivity contribution in [3.05, 3.63) is 65.5 Å². The number of nitrogens with one attached hydrogen (secondary N) is 1. The Balaban J connectivity index is 1.58. The third-order valence-electron chi connectivity index (χ3n) is 7.11. The highest BCUT2D eigenvalue weighted by Gasteiger charge is 2.35. The zero-order valence-corrected chi connectivity index (χ0v) is 19.1. The summed E-state index contributed by atoms with van der Waals surface area (Å²) in [5.74, 6) is -0.571. The molecule has 2 aliphatic carbocycles. The van der Waals surface area contributed by atoms with Gasteiger partial charge in [-0.15, -0.1) is 0 Å². The van der Waals surface area contributed by atoms with E-state index in [0.717, 1.165) is 56.9 Å². The summed E-state index contributed by atoms with van der Waals surface area (Å²) >= 11 is 0. The van der Waals surface area contributed by atoms with Crippen molar-refractivity contribution in [1.82, 2.24) is 4.90 Å². The number of amides is 2. The first-order valence-electron chi connectivity index (χ1n) is 12.2. The molecule has 0 radical (unpaired) electrons. The standard InChI is InChI=1S/C27H34FN3O2/c28-22-13-8-12-20(17-22)26(32)30-24-15-6-4-11-21(24)18-31(25-16-7-5-14-23(25)29)27(33)19-9-2-1-3-10-19/h4,6,8,11-13,15,17,19,23,25H,1-3,5,7,9-10,14,16,18,29H2,(H,30,32). The van der Waals surface area contributed by atoms with Gasteiger partial charge in [-0.25, -0.2) is 4.39 Å². The molecule has 5 nitrogen and oxygen atoms in total. The molecular weight excluding hydrogens is 417 g/mol. The largest absolute Gasteiger partial charge is 0.334 e. The Morgan fingerprint density at radius 1 is 0.939 bits per heavy atom. The molecule has 0 saturated heterocycles. The molecule has 2 unspecified atom stereocenters. The molecule has 2 amide bonds. The van der Waals surface area contributed by atoms with Crippen LogP contribution in [0.1, 0.15) is 73.7 Å². The lowest BCUT2D eigenvalue weighted by Crippen LogP contribution is -2.53. The molecule has 2 fully saturated rings. The highest BCUT2D eigenvalue weighted by atomic mass is 19.1. The first-order valence-corrected chi connectivity index (χ1v) is 12.2. The first kappa shape index (κ1) is 23.4. The normalized spacial score (nSPS) is 21.4. The molecule has 176 valence electrons. The fourth-order valence-electron chi connectivity index (χ4n) is 5.26. The minimum absolute atomic E-state index is 0.0140. The van der Waals surface area contributed by atoms with Gasteiger partial charge in [0.1, 0.15) is 5.82 Å². The molecule has 0 heterocycles. The lowest BCUT2D eigenvalue weighted by Gasteiger charge is -2.41. The molecule has 2 atom stereocenters. The number of benzene rings is 2. The van der Waals surface area contributed by atoms with Gasteiger partial charge in [-0.1, -0.05) is 56.4 Å². The van der Waals surface area contributed by atoms with Crippen LogP contribution in [0.15, 0.2) is 48.5 Å². The van der Waals surface area contributed by atoms with Crippen LogP contribution in [0, 0.1) is 11.7 Å². The van der Waals surface area contributed by atoms with Crippen molar-refractivity contribution in [3.63, 3.8) is 0 Å². The van der Waals surface area contributed by atoms with Crippen molar-refractivity contribution in [2.75, 3.05) is 5.32 Å². The number of anilines is 1. The maximum absolute atomic E-state index is 13.7. The van der Waals surface area contributed by atoms with Gasteiger partial charge >= 0.3 is 0 Å². The van der Waals surface area contributed by atoms with Gasteiger partial charge in [0, 0.05) is 35.8 Å². The Morgan fingerprint density at radius 3 is 2.42 bits per heavy atom. The summed E-state index contributed by atoms with van der Waals surface area (Å²) in [6.45, 7) is 0.410. The second kappa shape index (κ2) is 10.9. The summed E-state index contributed by atoms with van der Waals surface area (Å²) in [5, 5.41) is 2.92. The van der Waals surface area contributed by atoms with E-state index in [4.69, 9.17) is 5.73 Å². The quantitative estimate of drug-likeness (QED) is 0.629.